The topological polar surface area (TPSA) is 46.8 Å². The van der Waals surface area contributed by atoms with Crippen molar-refractivity contribution in [1.29, 1.82) is 0 Å². The monoisotopic (exact) mass is 291 g/mol. The van der Waals surface area contributed by atoms with Crippen LogP contribution in [0, 0.1) is 0 Å². The van der Waals surface area contributed by atoms with Gasteiger partial charge in [0.2, 0.25) is 0 Å². The van der Waals surface area contributed by atoms with E-state index in [4.69, 9.17) is 0 Å². The molecule has 0 aliphatic carbocycles. The minimum Gasteiger partial charge on any atom is -0.377 e. The lowest BCUT2D eigenvalue weighted by Gasteiger charge is -2.10. The Morgan fingerprint density at radius 3 is 2.64 bits per heavy atom. The minimum atomic E-state index is 0.752. The molecule has 1 saturated heterocycles. The van der Waals surface area contributed by atoms with Crippen LogP contribution >= 0.6 is 0 Å². The van der Waals surface area contributed by atoms with Crippen molar-refractivity contribution in [2.24, 2.45) is 0 Å². The van der Waals surface area contributed by atoms with Gasteiger partial charge in [-0.1, -0.05) is 30.3 Å². The number of nitrogens with zero attached hydrogens (tertiary/aromatic N) is 5. The fourth-order valence-electron chi connectivity index (χ4n) is 2.85. The number of benzene rings is 2. The third kappa shape index (κ3) is 2.45. The van der Waals surface area contributed by atoms with Crippen LogP contribution in [0.15, 0.2) is 48.7 Å². The summed E-state index contributed by atoms with van der Waals surface area (Å²) in [5, 5.41) is 14.5. The smallest absolute Gasteiger partial charge is 0.181 e. The molecule has 0 unspecified atom stereocenters. The second-order valence-corrected chi connectivity index (χ2v) is 5.54. The van der Waals surface area contributed by atoms with Crippen molar-refractivity contribution >= 4 is 16.8 Å². The standard InChI is InChI=1S/C17H17N5/c1-2-6-15-13-16(8-7-14(15)5-1)22-17(18-19-20-22)9-12-21-10-3-4-11-21/h1-2,5-9,12-13H,3-4,10-11H2. The zero-order valence-corrected chi connectivity index (χ0v) is 12.3. The average Bonchev–Trinajstić information content (AvgIpc) is 3.24. The predicted octanol–water partition coefficient (Wildman–Crippen LogP) is 2.88. The third-order valence-corrected chi connectivity index (χ3v) is 4.05. The van der Waals surface area contributed by atoms with Crippen molar-refractivity contribution in [3.63, 3.8) is 0 Å². The molecule has 0 radical (unpaired) electrons. The zero-order chi connectivity index (χ0) is 14.8. The largest absolute Gasteiger partial charge is 0.377 e. The molecule has 110 valence electrons. The van der Waals surface area contributed by atoms with Gasteiger partial charge in [0.25, 0.3) is 0 Å². The Balaban J connectivity index is 1.68. The average molecular weight is 291 g/mol. The normalized spacial score (nSPS) is 15.2. The van der Waals surface area contributed by atoms with Crippen LogP contribution in [-0.4, -0.2) is 38.2 Å². The van der Waals surface area contributed by atoms with E-state index in [0.717, 1.165) is 24.6 Å². The van der Waals surface area contributed by atoms with E-state index in [1.807, 2.05) is 24.3 Å². The van der Waals surface area contributed by atoms with Crippen LogP contribution in [-0.2, 0) is 0 Å². The summed E-state index contributed by atoms with van der Waals surface area (Å²) < 4.78 is 1.78. The SMILES string of the molecule is C(=CN1CCCC1)c1nnnn1-c1ccc2ccccc2c1. The predicted molar refractivity (Wildman–Crippen MR) is 86.5 cm³/mol. The summed E-state index contributed by atoms with van der Waals surface area (Å²) in [5.41, 5.74) is 0.977. The Morgan fingerprint density at radius 1 is 0.955 bits per heavy atom. The van der Waals surface area contributed by atoms with E-state index in [9.17, 15) is 0 Å². The zero-order valence-electron chi connectivity index (χ0n) is 12.3. The van der Waals surface area contributed by atoms with Gasteiger partial charge in [0.15, 0.2) is 5.82 Å². The lowest BCUT2D eigenvalue weighted by atomic mass is 10.1. The Labute approximate surface area is 128 Å². The summed E-state index contributed by atoms with van der Waals surface area (Å²) >= 11 is 0. The van der Waals surface area contributed by atoms with Gasteiger partial charge in [-0.15, -0.1) is 5.10 Å². The highest BCUT2D eigenvalue weighted by molar-refractivity contribution is 5.84. The maximum absolute atomic E-state index is 4.12. The van der Waals surface area contributed by atoms with Crippen LogP contribution in [0.25, 0.3) is 22.5 Å². The van der Waals surface area contributed by atoms with Crippen LogP contribution in [0.5, 0.6) is 0 Å². The molecule has 2 aromatic carbocycles. The van der Waals surface area contributed by atoms with Gasteiger partial charge in [0.1, 0.15) is 0 Å². The maximum atomic E-state index is 4.12. The van der Waals surface area contributed by atoms with E-state index >= 15 is 0 Å². The molecule has 0 spiro atoms. The fraction of sp³-hybridized carbons (Fsp3) is 0.235. The van der Waals surface area contributed by atoms with Crippen molar-refractivity contribution in [3.8, 4) is 5.69 Å². The van der Waals surface area contributed by atoms with Crippen molar-refractivity contribution in [3.05, 3.63) is 54.5 Å². The molecule has 1 aromatic heterocycles. The van der Waals surface area contributed by atoms with Crippen LogP contribution in [0.3, 0.4) is 0 Å². The molecule has 0 N–H and O–H groups in total. The van der Waals surface area contributed by atoms with E-state index in [1.165, 1.54) is 23.6 Å². The van der Waals surface area contributed by atoms with E-state index in [0.29, 0.717) is 0 Å². The minimum absolute atomic E-state index is 0.752. The molecule has 22 heavy (non-hydrogen) atoms. The highest BCUT2D eigenvalue weighted by Gasteiger charge is 2.09. The summed E-state index contributed by atoms with van der Waals surface area (Å²) in [6, 6.07) is 14.5. The second-order valence-electron chi connectivity index (χ2n) is 5.54. The molecule has 0 saturated carbocycles. The number of aromatic nitrogens is 4. The Kier molecular flexibility index (Phi) is 3.31. The van der Waals surface area contributed by atoms with Gasteiger partial charge in [-0.05, 0) is 46.2 Å². The Hall–Kier alpha value is -2.69. The van der Waals surface area contributed by atoms with E-state index in [-0.39, 0.29) is 0 Å². The molecule has 0 bridgehead atoms. The van der Waals surface area contributed by atoms with Gasteiger partial charge in [0, 0.05) is 25.4 Å². The number of likely N-dealkylation sites (tertiary alicyclic amines) is 1. The highest BCUT2D eigenvalue weighted by atomic mass is 15.5. The van der Waals surface area contributed by atoms with Crippen LogP contribution in [0.2, 0.25) is 0 Å². The van der Waals surface area contributed by atoms with E-state index in [2.05, 4.69) is 50.9 Å². The van der Waals surface area contributed by atoms with Gasteiger partial charge in [-0.2, -0.15) is 4.68 Å². The molecule has 1 aliphatic rings. The lowest BCUT2D eigenvalue weighted by molar-refractivity contribution is 0.470. The first kappa shape index (κ1) is 13.0. The van der Waals surface area contributed by atoms with Gasteiger partial charge >= 0.3 is 0 Å². The van der Waals surface area contributed by atoms with Crippen LogP contribution in [0.4, 0.5) is 0 Å². The van der Waals surface area contributed by atoms with Crippen molar-refractivity contribution in [2.45, 2.75) is 12.8 Å². The maximum Gasteiger partial charge on any atom is 0.181 e. The molecule has 3 aromatic rings. The summed E-state index contributed by atoms with van der Waals surface area (Å²) in [6.45, 7) is 2.24. The van der Waals surface area contributed by atoms with Gasteiger partial charge < -0.3 is 4.90 Å². The Morgan fingerprint density at radius 2 is 1.77 bits per heavy atom. The molecular formula is C17H17N5. The quantitative estimate of drug-likeness (QED) is 0.744. The number of hydrogen-bond donors (Lipinski definition) is 0. The molecule has 4 rings (SSSR count). The first-order valence-electron chi connectivity index (χ1n) is 7.60. The lowest BCUT2D eigenvalue weighted by Crippen LogP contribution is -2.10. The Bertz CT molecular complexity index is 815. The first-order valence-corrected chi connectivity index (χ1v) is 7.60. The number of fused-ring (bicyclic) bond motifs is 1. The summed E-state index contributed by atoms with van der Waals surface area (Å²) in [5.74, 6) is 0.752. The number of tetrazole rings is 1. The van der Waals surface area contributed by atoms with Gasteiger partial charge in [0.05, 0.1) is 5.69 Å². The number of hydrogen-bond acceptors (Lipinski definition) is 4. The molecule has 2 heterocycles. The highest BCUT2D eigenvalue weighted by Crippen LogP contribution is 2.19. The van der Waals surface area contributed by atoms with Crippen molar-refractivity contribution < 1.29 is 0 Å². The second kappa shape index (κ2) is 5.60. The molecule has 1 aliphatic heterocycles. The number of rotatable bonds is 3. The summed E-state index contributed by atoms with van der Waals surface area (Å²) in [4.78, 5) is 2.30. The molecule has 5 nitrogen and oxygen atoms in total. The summed E-state index contributed by atoms with van der Waals surface area (Å²) in [6.07, 6.45) is 6.61. The fourth-order valence-corrected chi connectivity index (χ4v) is 2.85. The van der Waals surface area contributed by atoms with Crippen LogP contribution in [0.1, 0.15) is 18.7 Å². The van der Waals surface area contributed by atoms with Gasteiger partial charge in [-0.3, -0.25) is 0 Å². The molecule has 5 heteroatoms. The van der Waals surface area contributed by atoms with Crippen molar-refractivity contribution in [1.82, 2.24) is 25.1 Å². The first-order chi connectivity index (χ1) is 10.9. The summed E-state index contributed by atoms with van der Waals surface area (Å²) in [7, 11) is 0. The van der Waals surface area contributed by atoms with Crippen molar-refractivity contribution in [2.75, 3.05) is 13.1 Å². The molecular weight excluding hydrogens is 274 g/mol. The molecule has 1 fully saturated rings. The van der Waals surface area contributed by atoms with E-state index in [1.54, 1.807) is 4.68 Å². The van der Waals surface area contributed by atoms with Gasteiger partial charge in [-0.25, -0.2) is 0 Å². The molecule has 0 atom stereocenters. The third-order valence-electron chi connectivity index (χ3n) is 4.05. The molecule has 0 amide bonds. The van der Waals surface area contributed by atoms with Crippen LogP contribution < -0.4 is 0 Å². The van der Waals surface area contributed by atoms with E-state index < -0.39 is 0 Å².